The zero-order valence-electron chi connectivity index (χ0n) is 13.3. The van der Waals surface area contributed by atoms with E-state index in [9.17, 15) is 14.9 Å². The maximum absolute atomic E-state index is 12.0. The molecule has 0 aliphatic carbocycles. The summed E-state index contributed by atoms with van der Waals surface area (Å²) in [4.78, 5) is 22.5. The molecule has 24 heavy (non-hydrogen) atoms. The van der Waals surface area contributed by atoms with E-state index in [1.165, 1.54) is 12.1 Å². The SMILES string of the molecule is Cc1ccc(OCC(=O)NC(C)c2cccc(Cl)c2)c([N+](=O)[O-])c1. The molecular formula is C17H17ClN2O4. The Bertz CT molecular complexity index is 764. The van der Waals surface area contributed by atoms with Gasteiger partial charge in [-0.05, 0) is 43.2 Å². The van der Waals surface area contributed by atoms with E-state index in [1.807, 2.05) is 13.0 Å². The summed E-state index contributed by atoms with van der Waals surface area (Å²) in [6, 6.07) is 11.5. The van der Waals surface area contributed by atoms with E-state index >= 15 is 0 Å². The Morgan fingerprint density at radius 3 is 2.75 bits per heavy atom. The van der Waals surface area contributed by atoms with Crippen LogP contribution in [0.15, 0.2) is 42.5 Å². The number of benzene rings is 2. The van der Waals surface area contributed by atoms with Crippen LogP contribution >= 0.6 is 11.6 Å². The Kier molecular flexibility index (Phi) is 5.76. The van der Waals surface area contributed by atoms with Crippen LogP contribution in [0.4, 0.5) is 5.69 Å². The molecule has 2 rings (SSSR count). The number of ether oxygens (including phenoxy) is 1. The second kappa shape index (κ2) is 7.79. The van der Waals surface area contributed by atoms with Crippen molar-refractivity contribution in [2.75, 3.05) is 6.61 Å². The first-order valence-corrected chi connectivity index (χ1v) is 7.67. The van der Waals surface area contributed by atoms with Gasteiger partial charge in [0.2, 0.25) is 0 Å². The van der Waals surface area contributed by atoms with Gasteiger partial charge in [-0.1, -0.05) is 29.8 Å². The fourth-order valence-electron chi connectivity index (χ4n) is 2.18. The summed E-state index contributed by atoms with van der Waals surface area (Å²) in [5, 5.41) is 14.4. The normalized spacial score (nSPS) is 11.6. The van der Waals surface area contributed by atoms with Gasteiger partial charge in [0.05, 0.1) is 11.0 Å². The highest BCUT2D eigenvalue weighted by molar-refractivity contribution is 6.30. The van der Waals surface area contributed by atoms with Gasteiger partial charge < -0.3 is 10.1 Å². The van der Waals surface area contributed by atoms with Gasteiger partial charge >= 0.3 is 5.69 Å². The van der Waals surface area contributed by atoms with E-state index in [2.05, 4.69) is 5.32 Å². The zero-order valence-corrected chi connectivity index (χ0v) is 14.0. The summed E-state index contributed by atoms with van der Waals surface area (Å²) in [7, 11) is 0. The molecule has 0 radical (unpaired) electrons. The molecule has 0 aliphatic heterocycles. The monoisotopic (exact) mass is 348 g/mol. The number of nitro benzene ring substituents is 1. The van der Waals surface area contributed by atoms with E-state index in [0.29, 0.717) is 5.02 Å². The maximum atomic E-state index is 12.0. The molecule has 0 bridgehead atoms. The van der Waals surface area contributed by atoms with Gasteiger partial charge in [-0.25, -0.2) is 0 Å². The number of amides is 1. The number of nitro groups is 1. The number of aryl methyl sites for hydroxylation is 1. The van der Waals surface area contributed by atoms with Crippen LogP contribution in [0.25, 0.3) is 0 Å². The van der Waals surface area contributed by atoms with E-state index in [-0.39, 0.29) is 30.0 Å². The van der Waals surface area contributed by atoms with Gasteiger partial charge in [-0.3, -0.25) is 14.9 Å². The lowest BCUT2D eigenvalue weighted by Crippen LogP contribution is -2.31. The Morgan fingerprint density at radius 1 is 1.33 bits per heavy atom. The number of hydrogen-bond donors (Lipinski definition) is 1. The minimum Gasteiger partial charge on any atom is -0.477 e. The number of halogens is 1. The number of carbonyl (C=O) groups is 1. The van der Waals surface area contributed by atoms with Crippen molar-refractivity contribution in [1.29, 1.82) is 0 Å². The Hall–Kier alpha value is -2.60. The van der Waals surface area contributed by atoms with Crippen LogP contribution in [0.5, 0.6) is 5.75 Å². The lowest BCUT2D eigenvalue weighted by atomic mass is 10.1. The first kappa shape index (κ1) is 17.7. The first-order chi connectivity index (χ1) is 11.4. The molecule has 0 heterocycles. The Morgan fingerprint density at radius 2 is 2.08 bits per heavy atom. The second-order valence-electron chi connectivity index (χ2n) is 5.36. The van der Waals surface area contributed by atoms with Crippen molar-refractivity contribution in [1.82, 2.24) is 5.32 Å². The van der Waals surface area contributed by atoms with Gasteiger partial charge in [0, 0.05) is 11.1 Å². The summed E-state index contributed by atoms with van der Waals surface area (Å²) < 4.78 is 5.30. The molecule has 0 aromatic heterocycles. The van der Waals surface area contributed by atoms with Crippen LogP contribution in [0, 0.1) is 17.0 Å². The quantitative estimate of drug-likeness (QED) is 0.635. The van der Waals surface area contributed by atoms with E-state index in [1.54, 1.807) is 31.2 Å². The standard InChI is InChI=1S/C17H17ClN2O4/c1-11-6-7-16(15(8-11)20(22)23)24-10-17(21)19-12(2)13-4-3-5-14(18)9-13/h3-9,12H,10H2,1-2H3,(H,19,21). The van der Waals surface area contributed by atoms with Crippen LogP contribution in [0.3, 0.4) is 0 Å². The topological polar surface area (TPSA) is 81.5 Å². The van der Waals surface area contributed by atoms with Crippen LogP contribution in [0.2, 0.25) is 5.02 Å². The molecule has 0 fully saturated rings. The molecule has 0 saturated heterocycles. The highest BCUT2D eigenvalue weighted by atomic mass is 35.5. The van der Waals surface area contributed by atoms with Crippen molar-refractivity contribution >= 4 is 23.2 Å². The summed E-state index contributed by atoms with van der Waals surface area (Å²) in [6.45, 7) is 3.25. The van der Waals surface area contributed by atoms with Crippen molar-refractivity contribution in [3.63, 3.8) is 0 Å². The molecule has 2 aromatic rings. The van der Waals surface area contributed by atoms with Crippen LogP contribution in [-0.4, -0.2) is 17.4 Å². The number of hydrogen-bond acceptors (Lipinski definition) is 4. The molecule has 7 heteroatoms. The van der Waals surface area contributed by atoms with Crippen molar-refractivity contribution in [3.05, 3.63) is 68.7 Å². The first-order valence-electron chi connectivity index (χ1n) is 7.29. The number of carbonyl (C=O) groups excluding carboxylic acids is 1. The summed E-state index contributed by atoms with van der Waals surface area (Å²) >= 11 is 5.93. The van der Waals surface area contributed by atoms with Crippen molar-refractivity contribution < 1.29 is 14.5 Å². The van der Waals surface area contributed by atoms with Crippen LogP contribution in [0.1, 0.15) is 24.1 Å². The zero-order chi connectivity index (χ0) is 17.7. The molecule has 6 nitrogen and oxygen atoms in total. The molecule has 126 valence electrons. The van der Waals surface area contributed by atoms with Gasteiger partial charge in [0.25, 0.3) is 5.91 Å². The van der Waals surface area contributed by atoms with E-state index in [0.717, 1.165) is 11.1 Å². The molecule has 1 N–H and O–H groups in total. The van der Waals surface area contributed by atoms with Gasteiger partial charge in [0.15, 0.2) is 12.4 Å². The lowest BCUT2D eigenvalue weighted by Gasteiger charge is -2.15. The van der Waals surface area contributed by atoms with Gasteiger partial charge in [0.1, 0.15) is 0 Å². The third-order valence-corrected chi connectivity index (χ3v) is 3.63. The third kappa shape index (κ3) is 4.70. The highest BCUT2D eigenvalue weighted by Gasteiger charge is 2.17. The van der Waals surface area contributed by atoms with Crippen molar-refractivity contribution in [2.24, 2.45) is 0 Å². The molecule has 0 saturated carbocycles. The lowest BCUT2D eigenvalue weighted by molar-refractivity contribution is -0.385. The van der Waals surface area contributed by atoms with E-state index < -0.39 is 4.92 Å². The largest absolute Gasteiger partial charge is 0.477 e. The van der Waals surface area contributed by atoms with E-state index in [4.69, 9.17) is 16.3 Å². The van der Waals surface area contributed by atoms with Crippen LogP contribution < -0.4 is 10.1 Å². The Labute approximate surface area is 144 Å². The number of nitrogens with one attached hydrogen (secondary N) is 1. The third-order valence-electron chi connectivity index (χ3n) is 3.40. The molecule has 0 spiro atoms. The minimum atomic E-state index is -0.533. The summed E-state index contributed by atoms with van der Waals surface area (Å²) in [6.07, 6.45) is 0. The fourth-order valence-corrected chi connectivity index (χ4v) is 2.38. The fraction of sp³-hybridized carbons (Fsp3) is 0.235. The molecule has 1 unspecified atom stereocenters. The van der Waals surface area contributed by atoms with Crippen molar-refractivity contribution in [2.45, 2.75) is 19.9 Å². The van der Waals surface area contributed by atoms with Gasteiger partial charge in [-0.2, -0.15) is 0 Å². The number of nitrogens with zero attached hydrogens (tertiary/aromatic N) is 1. The minimum absolute atomic E-state index is 0.0659. The summed E-state index contributed by atoms with van der Waals surface area (Å²) in [5.74, 6) is -0.312. The average molecular weight is 349 g/mol. The molecule has 1 amide bonds. The molecule has 0 aliphatic rings. The Balaban J connectivity index is 1.97. The van der Waals surface area contributed by atoms with Gasteiger partial charge in [-0.15, -0.1) is 0 Å². The molecular weight excluding hydrogens is 332 g/mol. The highest BCUT2D eigenvalue weighted by Crippen LogP contribution is 2.27. The smallest absolute Gasteiger partial charge is 0.311 e. The summed E-state index contributed by atoms with van der Waals surface area (Å²) in [5.41, 5.74) is 1.44. The second-order valence-corrected chi connectivity index (χ2v) is 5.80. The average Bonchev–Trinajstić information content (AvgIpc) is 2.53. The maximum Gasteiger partial charge on any atom is 0.311 e. The predicted molar refractivity (Wildman–Crippen MR) is 91.3 cm³/mol. The molecule has 2 aromatic carbocycles. The van der Waals surface area contributed by atoms with Crippen LogP contribution in [-0.2, 0) is 4.79 Å². The number of rotatable bonds is 6. The predicted octanol–water partition coefficient (Wildman–Crippen LogP) is 3.81. The molecule has 1 atom stereocenters. The van der Waals surface area contributed by atoms with Crippen molar-refractivity contribution in [3.8, 4) is 5.75 Å².